The van der Waals surface area contributed by atoms with Gasteiger partial charge in [0.15, 0.2) is 0 Å². The van der Waals surface area contributed by atoms with E-state index in [0.29, 0.717) is 12.6 Å². The first-order valence-corrected chi connectivity index (χ1v) is 10.2. The summed E-state index contributed by atoms with van der Waals surface area (Å²) in [6.07, 6.45) is 3.64. The number of hydrogen-bond donors (Lipinski definition) is 1. The Balaban J connectivity index is 1.87. The van der Waals surface area contributed by atoms with Crippen LogP contribution in [0.25, 0.3) is 0 Å². The molecule has 3 heteroatoms. The van der Waals surface area contributed by atoms with Crippen molar-refractivity contribution in [2.45, 2.75) is 51.3 Å². The van der Waals surface area contributed by atoms with E-state index in [1.165, 1.54) is 30.4 Å². The summed E-state index contributed by atoms with van der Waals surface area (Å²) in [5, 5.41) is 3.78. The van der Waals surface area contributed by atoms with Gasteiger partial charge in [-0.05, 0) is 69.1 Å². The van der Waals surface area contributed by atoms with Gasteiger partial charge in [0.25, 0.3) is 0 Å². The molecule has 0 radical (unpaired) electrons. The first-order valence-electron chi connectivity index (χ1n) is 10.2. The van der Waals surface area contributed by atoms with Crippen molar-refractivity contribution in [3.05, 3.63) is 65.7 Å². The predicted octanol–water partition coefficient (Wildman–Crippen LogP) is 4.82. The van der Waals surface area contributed by atoms with Gasteiger partial charge in [-0.15, -0.1) is 0 Å². The highest BCUT2D eigenvalue weighted by Gasteiger charge is 2.45. The monoisotopic (exact) mass is 366 g/mol. The van der Waals surface area contributed by atoms with Crippen molar-refractivity contribution in [2.75, 3.05) is 20.6 Å². The standard InChI is InChI=1S/C24H34N2O/c1-5-25-23-16-19(2)14-15-24(23,26(3)4)21-12-9-13-22(17-21)27-18-20-10-7-6-8-11-20/h6-13,17,19,23,25H,5,14-16,18H2,1-4H3. The fourth-order valence-electron chi connectivity index (χ4n) is 4.59. The minimum Gasteiger partial charge on any atom is -0.489 e. The lowest BCUT2D eigenvalue weighted by Crippen LogP contribution is -2.59. The summed E-state index contributed by atoms with van der Waals surface area (Å²) in [6.45, 7) is 6.19. The maximum atomic E-state index is 6.13. The SMILES string of the molecule is CCNC1CC(C)CCC1(c1cccc(OCc2ccccc2)c1)N(C)C. The second kappa shape index (κ2) is 8.90. The van der Waals surface area contributed by atoms with Crippen LogP contribution in [0.15, 0.2) is 54.6 Å². The van der Waals surface area contributed by atoms with Crippen molar-refractivity contribution in [1.29, 1.82) is 0 Å². The van der Waals surface area contributed by atoms with E-state index in [4.69, 9.17) is 4.74 Å². The van der Waals surface area contributed by atoms with Crippen molar-refractivity contribution >= 4 is 0 Å². The Hall–Kier alpha value is -1.84. The summed E-state index contributed by atoms with van der Waals surface area (Å²) in [4.78, 5) is 2.42. The molecule has 27 heavy (non-hydrogen) atoms. The van der Waals surface area contributed by atoms with Gasteiger partial charge in [-0.1, -0.05) is 56.3 Å². The molecule has 3 nitrogen and oxygen atoms in total. The molecule has 2 aromatic carbocycles. The lowest BCUT2D eigenvalue weighted by molar-refractivity contribution is 0.0407. The zero-order valence-electron chi connectivity index (χ0n) is 17.2. The highest BCUT2D eigenvalue weighted by molar-refractivity contribution is 5.36. The Morgan fingerprint density at radius 2 is 1.89 bits per heavy atom. The van der Waals surface area contributed by atoms with Crippen LogP contribution in [0.2, 0.25) is 0 Å². The van der Waals surface area contributed by atoms with Crippen LogP contribution in [0.1, 0.15) is 44.2 Å². The molecule has 0 saturated heterocycles. The zero-order valence-corrected chi connectivity index (χ0v) is 17.2. The average Bonchev–Trinajstić information content (AvgIpc) is 2.68. The molecule has 2 aromatic rings. The molecule has 0 heterocycles. The molecule has 3 rings (SSSR count). The van der Waals surface area contributed by atoms with Crippen LogP contribution in [0.3, 0.4) is 0 Å². The molecule has 1 saturated carbocycles. The van der Waals surface area contributed by atoms with Crippen molar-refractivity contribution < 1.29 is 4.74 Å². The maximum Gasteiger partial charge on any atom is 0.120 e. The Bertz CT molecular complexity index is 715. The van der Waals surface area contributed by atoms with Gasteiger partial charge in [0.1, 0.15) is 12.4 Å². The molecule has 1 aliphatic carbocycles. The smallest absolute Gasteiger partial charge is 0.120 e. The van der Waals surface area contributed by atoms with Gasteiger partial charge in [-0.2, -0.15) is 0 Å². The van der Waals surface area contributed by atoms with Gasteiger partial charge in [0, 0.05) is 6.04 Å². The molecular formula is C24H34N2O. The molecule has 1 N–H and O–H groups in total. The highest BCUT2D eigenvalue weighted by Crippen LogP contribution is 2.44. The van der Waals surface area contributed by atoms with Crippen molar-refractivity contribution in [3.63, 3.8) is 0 Å². The van der Waals surface area contributed by atoms with E-state index in [9.17, 15) is 0 Å². The van der Waals surface area contributed by atoms with Crippen LogP contribution in [0, 0.1) is 5.92 Å². The van der Waals surface area contributed by atoms with Crippen LogP contribution in [-0.4, -0.2) is 31.6 Å². The minimum atomic E-state index is 0.00857. The number of nitrogens with zero attached hydrogens (tertiary/aromatic N) is 1. The average molecular weight is 367 g/mol. The van der Waals surface area contributed by atoms with Gasteiger partial charge >= 0.3 is 0 Å². The molecule has 146 valence electrons. The Kier molecular flexibility index (Phi) is 6.56. The quantitative estimate of drug-likeness (QED) is 0.760. The number of rotatable bonds is 7. The molecule has 0 aliphatic heterocycles. The van der Waals surface area contributed by atoms with Crippen molar-refractivity contribution in [3.8, 4) is 5.75 Å². The van der Waals surface area contributed by atoms with Gasteiger partial charge < -0.3 is 10.1 Å². The van der Waals surface area contributed by atoms with Crippen molar-refractivity contribution in [1.82, 2.24) is 10.2 Å². The van der Waals surface area contributed by atoms with E-state index in [0.717, 1.165) is 18.2 Å². The second-order valence-electron chi connectivity index (χ2n) is 8.11. The van der Waals surface area contributed by atoms with Crippen LogP contribution in [0.4, 0.5) is 0 Å². The lowest BCUT2D eigenvalue weighted by Gasteiger charge is -2.51. The molecule has 3 atom stereocenters. The molecule has 0 bridgehead atoms. The lowest BCUT2D eigenvalue weighted by atomic mass is 9.68. The third-order valence-corrected chi connectivity index (χ3v) is 6.06. The molecule has 3 unspecified atom stereocenters. The molecule has 0 amide bonds. The first kappa shape index (κ1) is 19.9. The predicted molar refractivity (Wildman–Crippen MR) is 113 cm³/mol. The summed E-state index contributed by atoms with van der Waals surface area (Å²) < 4.78 is 6.13. The molecule has 1 aliphatic rings. The summed E-state index contributed by atoms with van der Waals surface area (Å²) in [7, 11) is 4.44. The third kappa shape index (κ3) is 4.36. The molecule has 0 spiro atoms. The second-order valence-corrected chi connectivity index (χ2v) is 8.11. The van der Waals surface area contributed by atoms with Gasteiger partial charge in [-0.25, -0.2) is 0 Å². The van der Waals surface area contributed by atoms with E-state index in [-0.39, 0.29) is 5.54 Å². The van der Waals surface area contributed by atoms with Crippen LogP contribution in [0.5, 0.6) is 5.75 Å². The summed E-state index contributed by atoms with van der Waals surface area (Å²) >= 11 is 0. The Labute approximate surface area is 164 Å². The summed E-state index contributed by atoms with van der Waals surface area (Å²) in [5.74, 6) is 1.71. The van der Waals surface area contributed by atoms with Crippen LogP contribution < -0.4 is 10.1 Å². The van der Waals surface area contributed by atoms with Gasteiger partial charge in [-0.3, -0.25) is 4.90 Å². The van der Waals surface area contributed by atoms with Gasteiger partial charge in [0.05, 0.1) is 5.54 Å². The normalized spacial score (nSPS) is 25.5. The fourth-order valence-corrected chi connectivity index (χ4v) is 4.59. The number of ether oxygens (including phenoxy) is 1. The van der Waals surface area contributed by atoms with E-state index < -0.39 is 0 Å². The zero-order chi connectivity index (χ0) is 19.3. The third-order valence-electron chi connectivity index (χ3n) is 6.06. The maximum absolute atomic E-state index is 6.13. The minimum absolute atomic E-state index is 0.00857. The Morgan fingerprint density at radius 1 is 1.11 bits per heavy atom. The van der Waals surface area contributed by atoms with Crippen LogP contribution in [-0.2, 0) is 12.1 Å². The topological polar surface area (TPSA) is 24.5 Å². The van der Waals surface area contributed by atoms with E-state index >= 15 is 0 Å². The Morgan fingerprint density at radius 3 is 2.59 bits per heavy atom. The number of hydrogen-bond acceptors (Lipinski definition) is 3. The van der Waals surface area contributed by atoms with E-state index in [2.05, 4.69) is 86.7 Å². The van der Waals surface area contributed by atoms with Crippen molar-refractivity contribution in [2.24, 2.45) is 5.92 Å². The number of nitrogens with one attached hydrogen (secondary N) is 1. The largest absolute Gasteiger partial charge is 0.489 e. The molecule has 0 aromatic heterocycles. The summed E-state index contributed by atoms with van der Waals surface area (Å²) in [5.41, 5.74) is 2.56. The molecule has 1 fully saturated rings. The van der Waals surface area contributed by atoms with Gasteiger partial charge in [0.2, 0.25) is 0 Å². The van der Waals surface area contributed by atoms with Crippen LogP contribution >= 0.6 is 0 Å². The number of benzene rings is 2. The van der Waals surface area contributed by atoms with E-state index in [1.807, 2.05) is 6.07 Å². The summed E-state index contributed by atoms with van der Waals surface area (Å²) in [6, 6.07) is 19.6. The highest BCUT2D eigenvalue weighted by atomic mass is 16.5. The fraction of sp³-hybridized carbons (Fsp3) is 0.500. The number of likely N-dealkylation sites (N-methyl/N-ethyl adjacent to an activating group) is 2. The molecular weight excluding hydrogens is 332 g/mol. The first-order chi connectivity index (χ1) is 13.1. The van der Waals surface area contributed by atoms with E-state index in [1.54, 1.807) is 0 Å².